The van der Waals surface area contributed by atoms with Crippen LogP contribution in [-0.2, 0) is 13.2 Å². The smallest absolute Gasteiger partial charge is 0.433 e. The van der Waals surface area contributed by atoms with E-state index in [-0.39, 0.29) is 11.4 Å². The Labute approximate surface area is 178 Å². The minimum absolute atomic E-state index is 0.0308. The second-order valence-electron chi connectivity index (χ2n) is 6.48. The quantitative estimate of drug-likeness (QED) is 0.413. The summed E-state index contributed by atoms with van der Waals surface area (Å²) in [5, 5.41) is 17.6. The fourth-order valence-corrected chi connectivity index (χ4v) is 2.79. The molecule has 0 unspecified atom stereocenters. The predicted octanol–water partition coefficient (Wildman–Crippen LogP) is 5.35. The van der Waals surface area contributed by atoms with Gasteiger partial charge < -0.3 is 10.1 Å². The number of ether oxygens (including phenoxy) is 1. The first-order valence-electron chi connectivity index (χ1n) is 8.60. The van der Waals surface area contributed by atoms with E-state index in [0.29, 0.717) is 27.1 Å². The first kappa shape index (κ1) is 22.1. The SMILES string of the molecule is Cc1cc(Oc2cc(NC(=O)c3cc(C(F)(F)F)n(C)n3)cc([N+](=O)[O-])c2)ccc1Cl. The number of non-ortho nitro benzene ring substituents is 1. The molecule has 1 amide bonds. The number of hydrogen-bond donors (Lipinski definition) is 1. The van der Waals surface area contributed by atoms with Crippen molar-refractivity contribution in [2.45, 2.75) is 13.1 Å². The van der Waals surface area contributed by atoms with Crippen LogP contribution in [0.15, 0.2) is 42.5 Å². The van der Waals surface area contributed by atoms with Gasteiger partial charge in [0.05, 0.1) is 16.7 Å². The molecule has 0 spiro atoms. The van der Waals surface area contributed by atoms with Crippen LogP contribution < -0.4 is 10.1 Å². The van der Waals surface area contributed by atoms with Gasteiger partial charge in [0.25, 0.3) is 11.6 Å². The molecule has 31 heavy (non-hydrogen) atoms. The molecular formula is C19H14ClF3N4O4. The van der Waals surface area contributed by atoms with Crippen molar-refractivity contribution in [3.05, 3.63) is 74.6 Å². The van der Waals surface area contributed by atoms with Gasteiger partial charge in [-0.25, -0.2) is 0 Å². The highest BCUT2D eigenvalue weighted by atomic mass is 35.5. The third-order valence-corrected chi connectivity index (χ3v) is 4.55. The Morgan fingerprint density at radius 3 is 2.48 bits per heavy atom. The predicted molar refractivity (Wildman–Crippen MR) is 106 cm³/mol. The summed E-state index contributed by atoms with van der Waals surface area (Å²) in [6, 6.07) is 8.83. The van der Waals surface area contributed by atoms with Crippen molar-refractivity contribution in [3.8, 4) is 11.5 Å². The summed E-state index contributed by atoms with van der Waals surface area (Å²) < 4.78 is 44.9. The molecule has 1 aromatic heterocycles. The van der Waals surface area contributed by atoms with Crippen LogP contribution in [0.2, 0.25) is 5.02 Å². The van der Waals surface area contributed by atoms with Crippen LogP contribution in [0.25, 0.3) is 0 Å². The average Bonchev–Trinajstić information content (AvgIpc) is 3.07. The van der Waals surface area contributed by atoms with Gasteiger partial charge in [0.1, 0.15) is 17.2 Å². The third kappa shape index (κ3) is 5.12. The number of hydrogen-bond acceptors (Lipinski definition) is 5. The van der Waals surface area contributed by atoms with Gasteiger partial charge in [0.2, 0.25) is 0 Å². The zero-order chi connectivity index (χ0) is 22.9. The van der Waals surface area contributed by atoms with E-state index in [4.69, 9.17) is 16.3 Å². The molecule has 2 aromatic carbocycles. The Balaban J connectivity index is 1.89. The van der Waals surface area contributed by atoms with E-state index in [1.807, 2.05) is 0 Å². The second-order valence-corrected chi connectivity index (χ2v) is 6.88. The lowest BCUT2D eigenvalue weighted by molar-refractivity contribution is -0.384. The fraction of sp³-hybridized carbons (Fsp3) is 0.158. The summed E-state index contributed by atoms with van der Waals surface area (Å²) in [7, 11) is 1.05. The minimum atomic E-state index is -4.69. The normalized spacial score (nSPS) is 11.3. The second kappa shape index (κ2) is 8.26. The monoisotopic (exact) mass is 454 g/mol. The molecule has 0 aliphatic carbocycles. The van der Waals surface area contributed by atoms with Crippen LogP contribution in [0.1, 0.15) is 21.7 Å². The lowest BCUT2D eigenvalue weighted by Crippen LogP contribution is -2.13. The summed E-state index contributed by atoms with van der Waals surface area (Å²) in [5.74, 6) is -0.595. The summed E-state index contributed by atoms with van der Waals surface area (Å²) in [4.78, 5) is 22.9. The Bertz CT molecular complexity index is 1180. The van der Waals surface area contributed by atoms with Crippen LogP contribution in [0.4, 0.5) is 24.5 Å². The number of benzene rings is 2. The molecule has 162 valence electrons. The first-order valence-corrected chi connectivity index (χ1v) is 8.98. The van der Waals surface area contributed by atoms with E-state index in [1.54, 1.807) is 25.1 Å². The van der Waals surface area contributed by atoms with Gasteiger partial charge in [-0.05, 0) is 30.7 Å². The molecule has 1 N–H and O–H groups in total. The number of carbonyl (C=O) groups excluding carboxylic acids is 1. The number of aromatic nitrogens is 2. The van der Waals surface area contributed by atoms with Crippen molar-refractivity contribution in [3.63, 3.8) is 0 Å². The highest BCUT2D eigenvalue weighted by Crippen LogP contribution is 2.32. The van der Waals surface area contributed by atoms with Crippen LogP contribution >= 0.6 is 11.6 Å². The number of amides is 1. The number of anilines is 1. The summed E-state index contributed by atoms with van der Waals surface area (Å²) in [5.41, 5.74) is -1.35. The van der Waals surface area contributed by atoms with Crippen LogP contribution in [0, 0.1) is 17.0 Å². The lowest BCUT2D eigenvalue weighted by atomic mass is 10.2. The number of nitro groups is 1. The summed E-state index contributed by atoms with van der Waals surface area (Å²) in [6.07, 6.45) is -4.69. The molecule has 0 saturated heterocycles. The zero-order valence-electron chi connectivity index (χ0n) is 16.0. The van der Waals surface area contributed by atoms with Gasteiger partial charge in [-0.2, -0.15) is 18.3 Å². The van der Waals surface area contributed by atoms with Crippen molar-refractivity contribution < 1.29 is 27.6 Å². The Hall–Kier alpha value is -3.60. The maximum Gasteiger partial charge on any atom is 0.433 e. The lowest BCUT2D eigenvalue weighted by Gasteiger charge is -2.10. The maximum absolute atomic E-state index is 12.9. The van der Waals surface area contributed by atoms with E-state index in [9.17, 15) is 28.1 Å². The number of nitro benzene ring substituents is 1. The number of alkyl halides is 3. The van der Waals surface area contributed by atoms with Gasteiger partial charge in [0, 0.05) is 30.3 Å². The minimum Gasteiger partial charge on any atom is -0.457 e. The Morgan fingerprint density at radius 2 is 1.90 bits per heavy atom. The number of rotatable bonds is 5. The molecule has 12 heteroatoms. The molecule has 0 bridgehead atoms. The number of nitrogens with one attached hydrogen (secondary N) is 1. The third-order valence-electron chi connectivity index (χ3n) is 4.13. The largest absolute Gasteiger partial charge is 0.457 e. The maximum atomic E-state index is 12.9. The number of carbonyl (C=O) groups is 1. The molecular weight excluding hydrogens is 441 g/mol. The number of aryl methyl sites for hydroxylation is 2. The number of nitrogens with zero attached hydrogens (tertiary/aromatic N) is 3. The first-order chi connectivity index (χ1) is 14.4. The van der Waals surface area contributed by atoms with Gasteiger partial charge in [-0.1, -0.05) is 11.6 Å². The van der Waals surface area contributed by atoms with Gasteiger partial charge >= 0.3 is 6.18 Å². The molecule has 3 rings (SSSR count). The molecule has 0 aliphatic rings. The number of halogens is 4. The molecule has 0 fully saturated rings. The standard InChI is InChI=1S/C19H14ClF3N4O4/c1-10-5-13(3-4-15(10)20)31-14-7-11(6-12(8-14)27(29)30)24-18(28)16-9-17(19(21,22)23)26(2)25-16/h3-9H,1-2H3,(H,24,28). The van der Waals surface area contributed by atoms with Gasteiger partial charge in [-0.15, -0.1) is 0 Å². The van der Waals surface area contributed by atoms with E-state index in [1.165, 1.54) is 6.07 Å². The van der Waals surface area contributed by atoms with Crippen LogP contribution in [0.5, 0.6) is 11.5 Å². The highest BCUT2D eigenvalue weighted by molar-refractivity contribution is 6.31. The van der Waals surface area contributed by atoms with Crippen LogP contribution in [-0.4, -0.2) is 20.6 Å². The topological polar surface area (TPSA) is 99.3 Å². The zero-order valence-corrected chi connectivity index (χ0v) is 16.8. The Kier molecular flexibility index (Phi) is 5.89. The Morgan fingerprint density at radius 1 is 1.19 bits per heavy atom. The van der Waals surface area contributed by atoms with Gasteiger partial charge in [0.15, 0.2) is 5.69 Å². The highest BCUT2D eigenvalue weighted by Gasteiger charge is 2.35. The van der Waals surface area contributed by atoms with Crippen molar-refractivity contribution >= 4 is 28.9 Å². The van der Waals surface area contributed by atoms with E-state index in [0.717, 1.165) is 19.2 Å². The van der Waals surface area contributed by atoms with E-state index in [2.05, 4.69) is 10.4 Å². The van der Waals surface area contributed by atoms with Crippen molar-refractivity contribution in [2.75, 3.05) is 5.32 Å². The van der Waals surface area contributed by atoms with Crippen molar-refractivity contribution in [1.82, 2.24) is 9.78 Å². The molecule has 0 radical (unpaired) electrons. The molecule has 0 saturated carbocycles. The van der Waals surface area contributed by atoms with Gasteiger partial charge in [-0.3, -0.25) is 19.6 Å². The fourth-order valence-electron chi connectivity index (χ4n) is 2.68. The summed E-state index contributed by atoms with van der Waals surface area (Å²) in [6.45, 7) is 1.75. The molecule has 3 aromatic rings. The van der Waals surface area contributed by atoms with E-state index < -0.39 is 34.1 Å². The molecule has 1 heterocycles. The van der Waals surface area contributed by atoms with E-state index >= 15 is 0 Å². The molecule has 0 aliphatic heterocycles. The molecule has 8 nitrogen and oxygen atoms in total. The molecule has 0 atom stereocenters. The van der Waals surface area contributed by atoms with Crippen LogP contribution in [0.3, 0.4) is 0 Å². The van der Waals surface area contributed by atoms with Crippen molar-refractivity contribution in [1.29, 1.82) is 0 Å². The van der Waals surface area contributed by atoms with Crippen molar-refractivity contribution in [2.24, 2.45) is 7.05 Å². The average molecular weight is 455 g/mol. The summed E-state index contributed by atoms with van der Waals surface area (Å²) >= 11 is 5.96.